The van der Waals surface area contributed by atoms with Gasteiger partial charge in [-0.3, -0.25) is 38.4 Å². The minimum atomic E-state index is -2.93. The molecule has 0 bridgehead atoms. The van der Waals surface area contributed by atoms with Crippen molar-refractivity contribution in [3.05, 3.63) is 95.6 Å². The van der Waals surface area contributed by atoms with Crippen LogP contribution in [0.3, 0.4) is 0 Å². The van der Waals surface area contributed by atoms with Crippen LogP contribution in [0.1, 0.15) is 84.4 Å². The molecule has 3 aliphatic rings. The highest BCUT2D eigenvalue weighted by molar-refractivity contribution is 5.82. The van der Waals surface area contributed by atoms with E-state index in [1.54, 1.807) is 30.3 Å². The van der Waals surface area contributed by atoms with Gasteiger partial charge in [0.05, 0.1) is 25.7 Å². The van der Waals surface area contributed by atoms with E-state index in [0.717, 1.165) is 77.6 Å². The molecule has 0 spiro atoms. The number of ether oxygens (including phenoxy) is 12. The van der Waals surface area contributed by atoms with Gasteiger partial charge in [0.2, 0.25) is 11.8 Å². The van der Waals surface area contributed by atoms with Crippen molar-refractivity contribution in [1.82, 2.24) is 16.0 Å². The smallest absolute Gasteiger partial charge is 0.407 e. The third-order valence-corrected chi connectivity index (χ3v) is 13.0. The first kappa shape index (κ1) is 63.6. The number of hydrogen-bond donors (Lipinski definition) is 4. The van der Waals surface area contributed by atoms with Gasteiger partial charge in [0.15, 0.2) is 36.7 Å². The maximum Gasteiger partial charge on any atom is 0.407 e. The Bertz CT molecular complexity index is 2840. The van der Waals surface area contributed by atoms with Gasteiger partial charge in [0.1, 0.15) is 44.2 Å². The molecule has 448 valence electrons. The summed E-state index contributed by atoms with van der Waals surface area (Å²) >= 11 is 0. The zero-order chi connectivity index (χ0) is 60.7. The minimum absolute atomic E-state index is 0.195. The summed E-state index contributed by atoms with van der Waals surface area (Å²) in [5, 5.41) is 17.7. The first-order valence-corrected chi connectivity index (χ1v) is 26.0. The standard InChI is InChI=1S/C56H65N3O24/c1-28(60)57-46-43(77-31(4)63)22-56(54(70)74-23-36-16-10-9-11-17-36,83-51(46)49(80-34(7)66)44(78-32(5)64)26-72-30(3)62)76-27-45-48(79-33(6)65)50(81-35(8)67)47(58-29(2)61)53(82-45)73-25-42(52(68)69)59-55(71)75-24-41-39-20-14-12-18-37(39)38-19-13-15-21-40(38)41/h9-21,41-51,53H,22-27H2,1-8H3,(H,57,60)(H,58,61)(H,59,71)(H,68,69)/t42-,43?,44+,45?,46?,47?,48?,49+,50?,51?,53?,56?/m0/s1. The van der Waals surface area contributed by atoms with Crippen LogP contribution in [0.5, 0.6) is 0 Å². The van der Waals surface area contributed by atoms with Crippen molar-refractivity contribution in [2.45, 2.75) is 147 Å². The van der Waals surface area contributed by atoms with E-state index in [1.807, 2.05) is 48.5 Å². The maximum absolute atomic E-state index is 15.0. The summed E-state index contributed by atoms with van der Waals surface area (Å²) in [5.41, 5.74) is 4.06. The molecule has 1 aliphatic carbocycles. The average Bonchev–Trinajstić information content (AvgIpc) is 3.85. The second-order valence-electron chi connectivity index (χ2n) is 19.4. The van der Waals surface area contributed by atoms with Crippen molar-refractivity contribution in [2.75, 3.05) is 26.4 Å². The highest BCUT2D eigenvalue weighted by atomic mass is 16.8. The van der Waals surface area contributed by atoms with E-state index in [-0.39, 0.29) is 6.61 Å². The van der Waals surface area contributed by atoms with Crippen LogP contribution in [-0.4, -0.2) is 170 Å². The van der Waals surface area contributed by atoms with E-state index in [0.29, 0.717) is 5.56 Å². The van der Waals surface area contributed by atoms with Crippen molar-refractivity contribution in [1.29, 1.82) is 0 Å². The topological polar surface area (TPSA) is 355 Å². The normalized spacial score (nSPS) is 23.6. The summed E-state index contributed by atoms with van der Waals surface area (Å²) in [6.45, 7) is 4.53. The lowest BCUT2D eigenvalue weighted by Gasteiger charge is -2.49. The fourth-order valence-electron chi connectivity index (χ4n) is 9.82. The first-order valence-electron chi connectivity index (χ1n) is 26.0. The van der Waals surface area contributed by atoms with E-state index in [9.17, 15) is 53.1 Å². The van der Waals surface area contributed by atoms with Crippen LogP contribution in [0.2, 0.25) is 0 Å². The van der Waals surface area contributed by atoms with Gasteiger partial charge in [-0.1, -0.05) is 78.9 Å². The molecule has 3 aromatic carbocycles. The average molecular weight is 1160 g/mol. The summed E-state index contributed by atoms with van der Waals surface area (Å²) in [5.74, 6) is -13.9. The van der Waals surface area contributed by atoms with Gasteiger partial charge in [0, 0.05) is 61.3 Å². The molecule has 83 heavy (non-hydrogen) atoms. The Kier molecular flexibility index (Phi) is 22.2. The number of nitrogens with one attached hydrogen (secondary N) is 3. The highest BCUT2D eigenvalue weighted by Crippen LogP contribution is 2.45. The SMILES string of the molecule is CC(=O)NC1C(OC[C@H](NC(=O)OCC2c3ccccc3-c3ccccc32)C(=O)O)OC(COC2(C(=O)OCc3ccccc3)CC(OC(C)=O)C(NC(C)=O)C([C@H](OC(C)=O)[C@@H](COC(C)=O)OC(C)=O)O2)C(OC(C)=O)C1OC(C)=O. The van der Waals surface area contributed by atoms with Gasteiger partial charge in [-0.05, 0) is 27.8 Å². The molecule has 2 fully saturated rings. The summed E-state index contributed by atoms with van der Waals surface area (Å²) in [4.78, 5) is 144. The van der Waals surface area contributed by atoms with Crippen molar-refractivity contribution in [3.63, 3.8) is 0 Å². The number of carboxylic acid groups (broad SMARTS) is 1. The molecule has 0 saturated carbocycles. The zero-order valence-corrected chi connectivity index (χ0v) is 46.5. The predicted molar refractivity (Wildman–Crippen MR) is 278 cm³/mol. The van der Waals surface area contributed by atoms with Gasteiger partial charge < -0.3 is 77.9 Å². The Labute approximate surface area is 475 Å². The Morgan fingerprint density at radius 1 is 0.614 bits per heavy atom. The highest BCUT2D eigenvalue weighted by Gasteiger charge is 2.61. The lowest BCUT2D eigenvalue weighted by molar-refractivity contribution is -0.333. The van der Waals surface area contributed by atoms with Gasteiger partial charge in [-0.2, -0.15) is 0 Å². The molecule has 6 rings (SSSR count). The van der Waals surface area contributed by atoms with Gasteiger partial charge in [-0.15, -0.1) is 0 Å². The molecule has 4 N–H and O–H groups in total. The summed E-state index contributed by atoms with van der Waals surface area (Å²) in [7, 11) is 0. The van der Waals surface area contributed by atoms with Crippen molar-refractivity contribution >= 4 is 65.7 Å². The summed E-state index contributed by atoms with van der Waals surface area (Å²) in [6.07, 6.45) is -16.8. The number of benzene rings is 3. The lowest BCUT2D eigenvalue weighted by Crippen LogP contribution is -2.70. The maximum atomic E-state index is 15.0. The molecule has 2 aliphatic heterocycles. The molecule has 27 heteroatoms. The Morgan fingerprint density at radius 2 is 1.18 bits per heavy atom. The number of aliphatic carboxylic acids is 1. The van der Waals surface area contributed by atoms with Gasteiger partial charge in [0.25, 0.3) is 5.79 Å². The van der Waals surface area contributed by atoms with Crippen LogP contribution in [0.4, 0.5) is 4.79 Å². The molecule has 12 atom stereocenters. The Morgan fingerprint density at radius 3 is 1.73 bits per heavy atom. The van der Waals surface area contributed by atoms with Crippen LogP contribution in [-0.2, 0) is 111 Å². The van der Waals surface area contributed by atoms with Crippen LogP contribution in [0.15, 0.2) is 78.9 Å². The van der Waals surface area contributed by atoms with E-state index < -0.39 is 177 Å². The molecule has 3 aromatic rings. The summed E-state index contributed by atoms with van der Waals surface area (Å²) in [6, 6.07) is 18.0. The van der Waals surface area contributed by atoms with Crippen molar-refractivity contribution in [2.24, 2.45) is 0 Å². The molecular formula is C56H65N3O24. The van der Waals surface area contributed by atoms with E-state index >= 15 is 4.79 Å². The molecule has 2 saturated heterocycles. The van der Waals surface area contributed by atoms with Crippen molar-refractivity contribution < 1.29 is 115 Å². The third kappa shape index (κ3) is 17.3. The van der Waals surface area contributed by atoms with E-state index in [2.05, 4.69) is 16.0 Å². The first-order chi connectivity index (χ1) is 39.4. The number of fused-ring (bicyclic) bond motifs is 3. The Balaban J connectivity index is 1.39. The lowest BCUT2D eigenvalue weighted by atomic mass is 9.87. The predicted octanol–water partition coefficient (Wildman–Crippen LogP) is 2.20. The van der Waals surface area contributed by atoms with Crippen LogP contribution >= 0.6 is 0 Å². The fourth-order valence-corrected chi connectivity index (χ4v) is 9.82. The quantitative estimate of drug-likeness (QED) is 0.0737. The minimum Gasteiger partial charge on any atom is -0.480 e. The van der Waals surface area contributed by atoms with Gasteiger partial charge in [-0.25, -0.2) is 14.4 Å². The number of alkyl carbamates (subject to hydrolysis) is 1. The Hall–Kier alpha value is -8.53. The number of amides is 3. The van der Waals surface area contributed by atoms with Crippen LogP contribution in [0.25, 0.3) is 11.1 Å². The third-order valence-electron chi connectivity index (χ3n) is 13.0. The van der Waals surface area contributed by atoms with Crippen molar-refractivity contribution in [3.8, 4) is 11.1 Å². The molecule has 2 heterocycles. The van der Waals surface area contributed by atoms with E-state index in [1.165, 1.54) is 0 Å². The number of hydrogen-bond acceptors (Lipinski definition) is 23. The second kappa shape index (κ2) is 28.9. The summed E-state index contributed by atoms with van der Waals surface area (Å²) < 4.78 is 70.1. The molecule has 0 aromatic heterocycles. The molecular weight excluding hydrogens is 1100 g/mol. The van der Waals surface area contributed by atoms with Crippen LogP contribution < -0.4 is 16.0 Å². The number of carboxylic acids is 1. The molecule has 0 radical (unpaired) electrons. The fraction of sp³-hybridized carbons (Fsp3) is 0.482. The molecule has 9 unspecified atom stereocenters. The number of carbonyl (C=O) groups excluding carboxylic acids is 10. The molecule has 27 nitrogen and oxygen atoms in total. The van der Waals surface area contributed by atoms with Crippen LogP contribution in [0, 0.1) is 0 Å². The largest absolute Gasteiger partial charge is 0.480 e. The second-order valence-corrected chi connectivity index (χ2v) is 19.4. The number of rotatable bonds is 24. The monoisotopic (exact) mass is 1160 g/mol. The van der Waals surface area contributed by atoms with Gasteiger partial charge >= 0.3 is 53.8 Å². The molecule has 3 amide bonds. The number of carbonyl (C=O) groups is 11. The number of esters is 7. The van der Waals surface area contributed by atoms with E-state index in [4.69, 9.17) is 56.8 Å². The zero-order valence-electron chi connectivity index (χ0n) is 46.5.